The molecule has 0 spiro atoms. The van der Waals surface area contributed by atoms with E-state index < -0.39 is 0 Å². The minimum Gasteiger partial charge on any atom is -0.411 e. The number of rotatable bonds is 5. The summed E-state index contributed by atoms with van der Waals surface area (Å²) in [6.07, 6.45) is 0. The number of aromatic nitrogens is 2. The molecular weight excluding hydrogens is 414 g/mol. The lowest BCUT2D eigenvalue weighted by Crippen LogP contribution is -2.14. The fourth-order valence-corrected chi connectivity index (χ4v) is 3.02. The molecule has 0 atom stereocenters. The van der Waals surface area contributed by atoms with Gasteiger partial charge in [-0.3, -0.25) is 4.79 Å². The van der Waals surface area contributed by atoms with Crippen LogP contribution in [-0.4, -0.2) is 21.9 Å². The molecule has 0 aliphatic carbocycles. The van der Waals surface area contributed by atoms with E-state index in [1.807, 2.05) is 30.3 Å². The topological polar surface area (TPSA) is 68.0 Å². The second kappa shape index (κ2) is 7.83. The van der Waals surface area contributed by atoms with E-state index in [-0.39, 0.29) is 11.7 Å². The van der Waals surface area contributed by atoms with E-state index in [0.717, 1.165) is 10.0 Å². The van der Waals surface area contributed by atoms with E-state index in [9.17, 15) is 4.79 Å². The Bertz CT molecular complexity index is 872. The van der Waals surface area contributed by atoms with Crippen molar-refractivity contribution >= 4 is 50.9 Å². The third-order valence-corrected chi connectivity index (χ3v) is 4.70. The number of hydrogen-bond donors (Lipinski definition) is 1. The Morgan fingerprint density at radius 1 is 1.21 bits per heavy atom. The summed E-state index contributed by atoms with van der Waals surface area (Å²) < 4.78 is 6.37. The number of amides is 1. The number of nitrogens with one attached hydrogen (secondary N) is 1. The standard InChI is InChI=1S/C16H11BrClN3O2S/c17-12-6-1-2-7-13(12)19-14(22)9-24-16-21-20-15(23-16)10-4-3-5-11(18)8-10/h1-8H,9H2,(H,19,22). The fourth-order valence-electron chi connectivity index (χ4n) is 1.88. The summed E-state index contributed by atoms with van der Waals surface area (Å²) in [7, 11) is 0. The zero-order valence-electron chi connectivity index (χ0n) is 12.2. The van der Waals surface area contributed by atoms with Gasteiger partial charge in [-0.05, 0) is 46.3 Å². The van der Waals surface area contributed by atoms with Crippen molar-refractivity contribution < 1.29 is 9.21 Å². The molecule has 122 valence electrons. The zero-order valence-corrected chi connectivity index (χ0v) is 15.4. The van der Waals surface area contributed by atoms with Crippen molar-refractivity contribution in [3.63, 3.8) is 0 Å². The molecule has 3 aromatic rings. The molecule has 0 radical (unpaired) electrons. The molecule has 1 N–H and O–H groups in total. The van der Waals surface area contributed by atoms with E-state index in [2.05, 4.69) is 31.4 Å². The van der Waals surface area contributed by atoms with Crippen LogP contribution in [0.1, 0.15) is 0 Å². The summed E-state index contributed by atoms with van der Waals surface area (Å²) in [5.74, 6) is 0.374. The Kier molecular flexibility index (Phi) is 5.55. The van der Waals surface area contributed by atoms with Gasteiger partial charge >= 0.3 is 0 Å². The number of carbonyl (C=O) groups is 1. The Morgan fingerprint density at radius 2 is 2.04 bits per heavy atom. The maximum Gasteiger partial charge on any atom is 0.277 e. The molecule has 0 aliphatic rings. The largest absolute Gasteiger partial charge is 0.411 e. The lowest BCUT2D eigenvalue weighted by molar-refractivity contribution is -0.113. The van der Waals surface area contributed by atoms with Crippen LogP contribution in [0.3, 0.4) is 0 Å². The van der Waals surface area contributed by atoms with Crippen LogP contribution in [0.15, 0.2) is 62.6 Å². The van der Waals surface area contributed by atoms with Crippen LogP contribution in [0.25, 0.3) is 11.5 Å². The maximum absolute atomic E-state index is 12.0. The lowest BCUT2D eigenvalue weighted by Gasteiger charge is -2.05. The highest BCUT2D eigenvalue weighted by atomic mass is 79.9. The first kappa shape index (κ1) is 17.0. The summed E-state index contributed by atoms with van der Waals surface area (Å²) in [4.78, 5) is 12.0. The van der Waals surface area contributed by atoms with Gasteiger partial charge in [-0.25, -0.2) is 0 Å². The fraction of sp³-hybridized carbons (Fsp3) is 0.0625. The molecule has 1 amide bonds. The van der Waals surface area contributed by atoms with Gasteiger partial charge in [-0.15, -0.1) is 10.2 Å². The van der Waals surface area contributed by atoms with Gasteiger partial charge in [-0.1, -0.05) is 41.6 Å². The van der Waals surface area contributed by atoms with Crippen LogP contribution in [0.4, 0.5) is 5.69 Å². The average Bonchev–Trinajstić information content (AvgIpc) is 3.04. The molecule has 5 nitrogen and oxygen atoms in total. The molecule has 0 unspecified atom stereocenters. The minimum atomic E-state index is -0.158. The van der Waals surface area contributed by atoms with E-state index in [1.54, 1.807) is 18.2 Å². The van der Waals surface area contributed by atoms with Crippen molar-refractivity contribution in [3.8, 4) is 11.5 Å². The van der Waals surface area contributed by atoms with E-state index in [1.165, 1.54) is 11.8 Å². The molecule has 24 heavy (non-hydrogen) atoms. The van der Waals surface area contributed by atoms with Gasteiger partial charge in [0.2, 0.25) is 11.8 Å². The first-order valence-corrected chi connectivity index (χ1v) is 9.04. The highest BCUT2D eigenvalue weighted by Gasteiger charge is 2.12. The molecule has 8 heteroatoms. The predicted octanol–water partition coefficient (Wildman–Crippen LogP) is 4.88. The smallest absolute Gasteiger partial charge is 0.277 e. The molecule has 0 bridgehead atoms. The summed E-state index contributed by atoms with van der Waals surface area (Å²) in [5.41, 5.74) is 1.45. The number of hydrogen-bond acceptors (Lipinski definition) is 5. The third-order valence-electron chi connectivity index (χ3n) is 2.95. The molecule has 1 aromatic heterocycles. The summed E-state index contributed by atoms with van der Waals surface area (Å²) >= 11 is 10.5. The van der Waals surface area contributed by atoms with Crippen molar-refractivity contribution in [2.45, 2.75) is 5.22 Å². The highest BCUT2D eigenvalue weighted by Crippen LogP contribution is 2.26. The van der Waals surface area contributed by atoms with E-state index >= 15 is 0 Å². The van der Waals surface area contributed by atoms with E-state index in [4.69, 9.17) is 16.0 Å². The molecule has 0 saturated heterocycles. The summed E-state index contributed by atoms with van der Waals surface area (Å²) in [6.45, 7) is 0. The van der Waals surface area contributed by atoms with Crippen LogP contribution in [0.5, 0.6) is 0 Å². The summed E-state index contributed by atoms with van der Waals surface area (Å²) in [6, 6.07) is 14.5. The van der Waals surface area contributed by atoms with E-state index in [0.29, 0.717) is 21.8 Å². The van der Waals surface area contributed by atoms with Crippen LogP contribution in [-0.2, 0) is 4.79 Å². The third kappa shape index (κ3) is 4.37. The molecule has 0 aliphatic heterocycles. The van der Waals surface area contributed by atoms with Crippen molar-refractivity contribution in [1.82, 2.24) is 10.2 Å². The van der Waals surface area contributed by atoms with Crippen LogP contribution >= 0.6 is 39.3 Å². The predicted molar refractivity (Wildman–Crippen MR) is 98.2 cm³/mol. The van der Waals surface area contributed by atoms with Gasteiger partial charge in [-0.2, -0.15) is 0 Å². The monoisotopic (exact) mass is 423 g/mol. The van der Waals surface area contributed by atoms with Crippen molar-refractivity contribution in [2.24, 2.45) is 0 Å². The van der Waals surface area contributed by atoms with Crippen molar-refractivity contribution in [1.29, 1.82) is 0 Å². The Balaban J connectivity index is 1.59. The second-order valence-electron chi connectivity index (χ2n) is 4.70. The first-order chi connectivity index (χ1) is 11.6. The Morgan fingerprint density at radius 3 is 2.83 bits per heavy atom. The second-order valence-corrected chi connectivity index (χ2v) is 6.92. The van der Waals surface area contributed by atoms with Gasteiger partial charge in [0.05, 0.1) is 11.4 Å². The lowest BCUT2D eigenvalue weighted by atomic mass is 10.2. The van der Waals surface area contributed by atoms with Crippen LogP contribution in [0.2, 0.25) is 5.02 Å². The van der Waals surface area contributed by atoms with Crippen molar-refractivity contribution in [3.05, 3.63) is 58.0 Å². The van der Waals surface area contributed by atoms with Gasteiger partial charge in [0, 0.05) is 15.1 Å². The number of nitrogens with zero attached hydrogens (tertiary/aromatic N) is 2. The van der Waals surface area contributed by atoms with Crippen LogP contribution < -0.4 is 5.32 Å². The first-order valence-electron chi connectivity index (χ1n) is 6.88. The normalized spacial score (nSPS) is 10.6. The number of anilines is 1. The molecule has 0 saturated carbocycles. The average molecular weight is 425 g/mol. The maximum atomic E-state index is 12.0. The minimum absolute atomic E-state index is 0.158. The van der Waals surface area contributed by atoms with Gasteiger partial charge < -0.3 is 9.73 Å². The highest BCUT2D eigenvalue weighted by molar-refractivity contribution is 9.10. The van der Waals surface area contributed by atoms with Crippen molar-refractivity contribution in [2.75, 3.05) is 11.1 Å². The van der Waals surface area contributed by atoms with Gasteiger partial charge in [0.1, 0.15) is 0 Å². The number of halogens is 2. The molecule has 2 aromatic carbocycles. The van der Waals surface area contributed by atoms with Crippen LogP contribution in [0, 0.1) is 0 Å². The molecule has 3 rings (SSSR count). The number of para-hydroxylation sites is 1. The van der Waals surface area contributed by atoms with Gasteiger partial charge in [0.15, 0.2) is 0 Å². The number of thioether (sulfide) groups is 1. The Hall–Kier alpha value is -1.83. The summed E-state index contributed by atoms with van der Waals surface area (Å²) in [5, 5.41) is 11.6. The molecule has 0 fully saturated rings. The SMILES string of the molecule is O=C(CSc1nnc(-c2cccc(Cl)c2)o1)Nc1ccccc1Br. The molecular formula is C16H11BrClN3O2S. The van der Waals surface area contributed by atoms with Gasteiger partial charge in [0.25, 0.3) is 5.22 Å². The number of carbonyl (C=O) groups excluding carboxylic acids is 1. The number of benzene rings is 2. The quantitative estimate of drug-likeness (QED) is 0.591. The Labute approximate surface area is 155 Å². The zero-order chi connectivity index (χ0) is 16.9. The molecule has 1 heterocycles.